The third kappa shape index (κ3) is 5.41. The lowest BCUT2D eigenvalue weighted by molar-refractivity contribution is 0.656. The summed E-state index contributed by atoms with van der Waals surface area (Å²) in [7, 11) is 0. The van der Waals surface area contributed by atoms with Crippen LogP contribution in [0.5, 0.6) is 0 Å². The van der Waals surface area contributed by atoms with Crippen molar-refractivity contribution in [3.63, 3.8) is 0 Å². The highest BCUT2D eigenvalue weighted by Gasteiger charge is 2.25. The Morgan fingerprint density at radius 2 is 1.08 bits per heavy atom. The smallest absolute Gasteiger partial charge is 0.144 e. The average Bonchev–Trinajstić information content (AvgIpc) is 3.92. The zero-order valence-electron chi connectivity index (χ0n) is 33.0. The third-order valence-electron chi connectivity index (χ3n) is 12.3. The zero-order valence-corrected chi connectivity index (χ0v) is 33.0. The monoisotopic (exact) mass is 770 g/mol. The molecule has 60 heavy (non-hydrogen) atoms. The number of nitrogens with zero attached hydrogens (tertiary/aromatic N) is 2. The van der Waals surface area contributed by atoms with Gasteiger partial charge in [0.15, 0.2) is 0 Å². The first-order valence-corrected chi connectivity index (χ1v) is 20.7. The number of hydrogen-bond acceptors (Lipinski definition) is 3. The maximum atomic E-state index is 6.89. The molecule has 3 aromatic heterocycles. The summed E-state index contributed by atoms with van der Waals surface area (Å²) < 4.78 is 16.1. The van der Waals surface area contributed by atoms with Crippen LogP contribution in [0.2, 0.25) is 0 Å². The maximum absolute atomic E-state index is 6.89. The van der Waals surface area contributed by atoms with E-state index in [0.29, 0.717) is 0 Å². The molecule has 1 atom stereocenters. The van der Waals surface area contributed by atoms with Crippen LogP contribution in [0.25, 0.3) is 93.8 Å². The predicted molar refractivity (Wildman–Crippen MR) is 250 cm³/mol. The fraction of sp³-hybridized carbons (Fsp3) is 0.0536. The Morgan fingerprint density at radius 1 is 0.483 bits per heavy atom. The minimum atomic E-state index is 0.0734. The van der Waals surface area contributed by atoms with Crippen LogP contribution in [0.4, 0.5) is 0 Å². The lowest BCUT2D eigenvalue weighted by Gasteiger charge is -2.15. The van der Waals surface area contributed by atoms with E-state index in [2.05, 4.69) is 206 Å². The average molecular weight is 771 g/mol. The molecule has 0 saturated carbocycles. The Hall–Kier alpha value is -7.69. The second-order valence-electron chi connectivity index (χ2n) is 15.7. The van der Waals surface area contributed by atoms with Gasteiger partial charge in [0, 0.05) is 66.7 Å². The van der Waals surface area contributed by atoms with Crippen molar-refractivity contribution in [3.05, 3.63) is 211 Å². The molecule has 4 heterocycles. The molecule has 12 rings (SSSR count). The van der Waals surface area contributed by atoms with E-state index in [4.69, 9.17) is 13.8 Å². The van der Waals surface area contributed by atoms with Crippen LogP contribution in [0.1, 0.15) is 30.0 Å². The first-order valence-electron chi connectivity index (χ1n) is 20.7. The van der Waals surface area contributed by atoms with Crippen molar-refractivity contribution in [2.24, 2.45) is 10.9 Å². The molecule has 0 saturated heterocycles. The number of benzene rings is 8. The molecule has 0 N–H and O–H groups in total. The van der Waals surface area contributed by atoms with Gasteiger partial charge in [-0.2, -0.15) is 0 Å². The lowest BCUT2D eigenvalue weighted by Crippen LogP contribution is -2.13. The second-order valence-corrected chi connectivity index (χ2v) is 15.7. The van der Waals surface area contributed by atoms with Crippen LogP contribution in [-0.2, 0) is 0 Å². The summed E-state index contributed by atoms with van der Waals surface area (Å²) in [6, 6.07) is 64.4. The Labute approximate surface area is 346 Å². The van der Waals surface area contributed by atoms with E-state index in [-0.39, 0.29) is 5.92 Å². The Kier molecular flexibility index (Phi) is 7.85. The molecular weight excluding hydrogens is 733 g/mol. The van der Waals surface area contributed by atoms with Gasteiger partial charge in [-0.25, -0.2) is 0 Å². The molecular formula is C56H38N2O2. The lowest BCUT2D eigenvalue weighted by atomic mass is 9.90. The highest BCUT2D eigenvalue weighted by atomic mass is 16.3. The van der Waals surface area contributed by atoms with Gasteiger partial charge < -0.3 is 13.4 Å². The van der Waals surface area contributed by atoms with Gasteiger partial charge >= 0.3 is 0 Å². The van der Waals surface area contributed by atoms with E-state index in [1.807, 2.05) is 0 Å². The Morgan fingerprint density at radius 3 is 1.80 bits per heavy atom. The van der Waals surface area contributed by atoms with E-state index in [1.54, 1.807) is 0 Å². The molecule has 0 bridgehead atoms. The number of hydrogen-bond donors (Lipinski definition) is 0. The number of rotatable bonds is 6. The summed E-state index contributed by atoms with van der Waals surface area (Å²) in [5.74, 6) is 0.0734. The van der Waals surface area contributed by atoms with E-state index < -0.39 is 0 Å². The van der Waals surface area contributed by atoms with Gasteiger partial charge in [0.1, 0.15) is 22.3 Å². The van der Waals surface area contributed by atoms with Crippen molar-refractivity contribution in [3.8, 4) is 16.8 Å². The Balaban J connectivity index is 1.00. The summed E-state index contributed by atoms with van der Waals surface area (Å²) in [4.78, 5) is 5.49. The second kappa shape index (κ2) is 13.7. The van der Waals surface area contributed by atoms with E-state index in [9.17, 15) is 0 Å². The van der Waals surface area contributed by atoms with Crippen LogP contribution >= 0.6 is 0 Å². The van der Waals surface area contributed by atoms with Crippen molar-refractivity contribution in [1.29, 1.82) is 0 Å². The molecule has 0 fully saturated rings. The minimum absolute atomic E-state index is 0.0734. The van der Waals surface area contributed by atoms with Crippen LogP contribution in [0, 0.1) is 5.92 Å². The molecule has 1 aliphatic rings. The third-order valence-corrected chi connectivity index (χ3v) is 12.3. The van der Waals surface area contributed by atoms with Crippen LogP contribution in [-0.4, -0.2) is 10.3 Å². The van der Waals surface area contributed by atoms with Crippen molar-refractivity contribution >= 4 is 82.7 Å². The Bertz CT molecular complexity index is 3560. The summed E-state index contributed by atoms with van der Waals surface area (Å²) in [6.07, 6.45) is 5.50. The molecule has 11 aromatic rings. The fourth-order valence-corrected chi connectivity index (χ4v) is 9.39. The van der Waals surface area contributed by atoms with E-state index >= 15 is 0 Å². The normalized spacial score (nSPS) is 14.6. The fourth-order valence-electron chi connectivity index (χ4n) is 9.39. The molecule has 1 unspecified atom stereocenters. The number of para-hydroxylation sites is 4. The van der Waals surface area contributed by atoms with Gasteiger partial charge in [-0.15, -0.1) is 0 Å². The molecule has 0 aliphatic carbocycles. The number of aromatic nitrogens is 1. The number of allylic oxidation sites excluding steroid dienone is 3. The van der Waals surface area contributed by atoms with Crippen molar-refractivity contribution in [1.82, 2.24) is 4.57 Å². The first kappa shape index (κ1) is 34.4. The zero-order chi connectivity index (χ0) is 39.7. The molecule has 0 spiro atoms. The molecule has 4 heteroatoms. The van der Waals surface area contributed by atoms with Gasteiger partial charge in [0.2, 0.25) is 0 Å². The van der Waals surface area contributed by atoms with Gasteiger partial charge in [-0.05, 0) is 71.7 Å². The van der Waals surface area contributed by atoms with E-state index in [0.717, 1.165) is 89.6 Å². The molecule has 284 valence electrons. The number of furan rings is 2. The quantitative estimate of drug-likeness (QED) is 0.169. The van der Waals surface area contributed by atoms with Gasteiger partial charge in [-0.1, -0.05) is 146 Å². The standard InChI is InChI=1S/C56H38N2O2/c1-2-35-30-39(36-16-6-3-7-17-36)32-49(37-18-8-4-9-19-37)57-54(35)45-26-15-25-44-48-33-47-43-24-14-23-41(55(43)59-52(47)34-53(48)60-56(44)45)38-28-29-51-46(31-38)42-22-12-13-27-50(42)58(51)40-20-10-5-11-21-40/h3-35H,2H2,1H3. The van der Waals surface area contributed by atoms with Gasteiger partial charge in [0.25, 0.3) is 0 Å². The summed E-state index contributed by atoms with van der Waals surface area (Å²) in [5.41, 5.74) is 15.4. The van der Waals surface area contributed by atoms with E-state index in [1.165, 1.54) is 32.9 Å². The predicted octanol–water partition coefficient (Wildman–Crippen LogP) is 15.2. The minimum Gasteiger partial charge on any atom is -0.455 e. The van der Waals surface area contributed by atoms with Gasteiger partial charge in [-0.3, -0.25) is 4.99 Å². The maximum Gasteiger partial charge on any atom is 0.144 e. The summed E-state index contributed by atoms with van der Waals surface area (Å²) >= 11 is 0. The molecule has 0 radical (unpaired) electrons. The van der Waals surface area contributed by atoms with Crippen LogP contribution in [0.3, 0.4) is 0 Å². The summed E-state index contributed by atoms with van der Waals surface area (Å²) in [5, 5.41) is 6.70. The van der Waals surface area contributed by atoms with Crippen molar-refractivity contribution in [2.75, 3.05) is 0 Å². The van der Waals surface area contributed by atoms with Crippen LogP contribution in [0.15, 0.2) is 208 Å². The van der Waals surface area contributed by atoms with Crippen molar-refractivity contribution < 1.29 is 8.83 Å². The molecule has 1 aliphatic heterocycles. The number of aliphatic imine (C=N–C) groups is 1. The van der Waals surface area contributed by atoms with Crippen molar-refractivity contribution in [2.45, 2.75) is 13.3 Å². The molecule has 8 aromatic carbocycles. The topological polar surface area (TPSA) is 43.6 Å². The highest BCUT2D eigenvalue weighted by Crippen LogP contribution is 2.43. The van der Waals surface area contributed by atoms with Gasteiger partial charge in [0.05, 0.1) is 22.4 Å². The highest BCUT2D eigenvalue weighted by molar-refractivity contribution is 6.21. The van der Waals surface area contributed by atoms with Crippen LogP contribution < -0.4 is 0 Å². The molecule has 0 amide bonds. The number of fused-ring (bicyclic) bond motifs is 9. The first-order chi connectivity index (χ1) is 29.7. The summed E-state index contributed by atoms with van der Waals surface area (Å²) in [6.45, 7) is 2.24. The molecule has 4 nitrogen and oxygen atoms in total. The SMILES string of the molecule is CCC1C=C(c2ccccc2)C=C(c2ccccc2)N=C1c1cccc2c1oc1cc3oc4c(-c5ccc6c(c5)c5ccccc5n6-c5ccccc5)cccc4c3cc12. The largest absolute Gasteiger partial charge is 0.455 e.